The topological polar surface area (TPSA) is 69.0 Å². The molecule has 3 rings (SSSR count). The summed E-state index contributed by atoms with van der Waals surface area (Å²) in [4.78, 5) is 13.2. The average molecular weight is 330 g/mol. The highest BCUT2D eigenvalue weighted by Crippen LogP contribution is 2.23. The molecule has 6 nitrogen and oxygen atoms in total. The van der Waals surface area contributed by atoms with Gasteiger partial charge in [0.2, 0.25) is 5.91 Å². The van der Waals surface area contributed by atoms with Gasteiger partial charge in [-0.25, -0.2) is 0 Å². The predicted molar refractivity (Wildman–Crippen MR) is 91.1 cm³/mol. The van der Waals surface area contributed by atoms with E-state index < -0.39 is 0 Å². The fourth-order valence-electron chi connectivity index (χ4n) is 2.44. The Morgan fingerprint density at radius 3 is 2.91 bits per heavy atom. The first kappa shape index (κ1) is 15.5. The van der Waals surface area contributed by atoms with Crippen LogP contribution in [0.2, 0.25) is 0 Å². The van der Waals surface area contributed by atoms with Crippen LogP contribution in [0, 0.1) is 13.8 Å². The zero-order valence-corrected chi connectivity index (χ0v) is 14.1. The molecule has 23 heavy (non-hydrogen) atoms. The minimum absolute atomic E-state index is 0.0337. The molecule has 1 amide bonds. The third-order valence-electron chi connectivity index (χ3n) is 3.70. The first-order valence-corrected chi connectivity index (χ1v) is 8.08. The number of methoxy groups -OCH3 is 1. The number of nitrogens with zero attached hydrogens (tertiary/aromatic N) is 3. The van der Waals surface area contributed by atoms with Crippen molar-refractivity contribution in [3.8, 4) is 5.75 Å². The highest BCUT2D eigenvalue weighted by atomic mass is 32.1. The van der Waals surface area contributed by atoms with E-state index in [1.807, 2.05) is 36.7 Å². The zero-order valence-electron chi connectivity index (χ0n) is 13.3. The van der Waals surface area contributed by atoms with E-state index in [4.69, 9.17) is 4.74 Å². The van der Waals surface area contributed by atoms with E-state index in [0.29, 0.717) is 13.0 Å². The lowest BCUT2D eigenvalue weighted by Crippen LogP contribution is -2.15. The van der Waals surface area contributed by atoms with Crippen molar-refractivity contribution in [2.24, 2.45) is 0 Å². The van der Waals surface area contributed by atoms with Crippen molar-refractivity contribution in [1.82, 2.24) is 14.2 Å². The average Bonchev–Trinajstić information content (AvgIpc) is 3.10. The van der Waals surface area contributed by atoms with Gasteiger partial charge in [0.1, 0.15) is 5.75 Å². The van der Waals surface area contributed by atoms with Crippen molar-refractivity contribution >= 4 is 34.0 Å². The third-order valence-corrected chi connectivity index (χ3v) is 4.54. The largest absolute Gasteiger partial charge is 0.497 e. The van der Waals surface area contributed by atoms with Gasteiger partial charge >= 0.3 is 0 Å². The van der Waals surface area contributed by atoms with Crippen molar-refractivity contribution in [3.63, 3.8) is 0 Å². The number of hydrogen-bond acceptors (Lipinski definition) is 5. The Bertz CT molecular complexity index is 834. The summed E-state index contributed by atoms with van der Waals surface area (Å²) in [5.41, 5.74) is 2.68. The van der Waals surface area contributed by atoms with Gasteiger partial charge in [-0.3, -0.25) is 9.48 Å². The van der Waals surface area contributed by atoms with Crippen molar-refractivity contribution in [2.45, 2.75) is 26.8 Å². The zero-order chi connectivity index (χ0) is 16.4. The van der Waals surface area contributed by atoms with E-state index in [-0.39, 0.29) is 5.91 Å². The molecule has 7 heteroatoms. The minimum atomic E-state index is -0.0337. The van der Waals surface area contributed by atoms with Gasteiger partial charge in [0.15, 0.2) is 0 Å². The lowest BCUT2D eigenvalue weighted by Gasteiger charge is -2.07. The molecule has 0 saturated carbocycles. The summed E-state index contributed by atoms with van der Waals surface area (Å²) in [5.74, 6) is 0.763. The maximum absolute atomic E-state index is 12.2. The monoisotopic (exact) mass is 330 g/mol. The molecule has 0 aliphatic carbocycles. The molecule has 1 aromatic carbocycles. The first-order valence-electron chi connectivity index (χ1n) is 7.31. The number of fused-ring (bicyclic) bond motifs is 1. The van der Waals surface area contributed by atoms with Crippen LogP contribution in [-0.2, 0) is 11.3 Å². The van der Waals surface area contributed by atoms with Gasteiger partial charge in [-0.2, -0.15) is 9.47 Å². The molecule has 1 N–H and O–H groups in total. The number of carbonyl (C=O) groups is 1. The van der Waals surface area contributed by atoms with Crippen LogP contribution in [0.1, 0.15) is 17.0 Å². The van der Waals surface area contributed by atoms with Crippen LogP contribution >= 0.6 is 11.5 Å². The van der Waals surface area contributed by atoms with Crippen LogP contribution in [0.4, 0.5) is 5.69 Å². The number of aryl methyl sites for hydroxylation is 3. The molecule has 0 saturated heterocycles. The Kier molecular flexibility index (Phi) is 4.29. The summed E-state index contributed by atoms with van der Waals surface area (Å²) < 4.78 is 11.3. The van der Waals surface area contributed by atoms with Crippen LogP contribution in [-0.4, -0.2) is 27.2 Å². The van der Waals surface area contributed by atoms with Gasteiger partial charge in [-0.1, -0.05) is 0 Å². The van der Waals surface area contributed by atoms with Gasteiger partial charge in [0, 0.05) is 16.7 Å². The number of nitrogens with one attached hydrogen (secondary N) is 1. The van der Waals surface area contributed by atoms with Gasteiger partial charge in [0.05, 0.1) is 36.7 Å². The van der Waals surface area contributed by atoms with Crippen molar-refractivity contribution < 1.29 is 9.53 Å². The number of rotatable bonds is 5. The molecule has 0 radical (unpaired) electrons. The number of ether oxygens (including phenoxy) is 1. The van der Waals surface area contributed by atoms with Crippen molar-refractivity contribution in [1.29, 1.82) is 0 Å². The number of carbonyl (C=O) groups excluding carboxylic acids is 1. The quantitative estimate of drug-likeness (QED) is 0.780. The molecule has 120 valence electrons. The SMILES string of the molecule is COc1ccc2c(cnn2CCC(=O)Nc2c(C)nsc2C)c1. The predicted octanol–water partition coefficient (Wildman–Crippen LogP) is 3.15. The Balaban J connectivity index is 1.67. The van der Waals surface area contributed by atoms with E-state index >= 15 is 0 Å². The molecule has 0 fully saturated rings. The van der Waals surface area contributed by atoms with Crippen LogP contribution in [0.15, 0.2) is 24.4 Å². The fraction of sp³-hybridized carbons (Fsp3) is 0.312. The lowest BCUT2D eigenvalue weighted by atomic mass is 10.2. The third kappa shape index (κ3) is 3.19. The lowest BCUT2D eigenvalue weighted by molar-refractivity contribution is -0.116. The van der Waals surface area contributed by atoms with Gasteiger partial charge in [0.25, 0.3) is 0 Å². The second kappa shape index (κ2) is 6.37. The van der Waals surface area contributed by atoms with E-state index in [1.54, 1.807) is 13.3 Å². The molecular weight excluding hydrogens is 312 g/mol. The number of benzene rings is 1. The number of amides is 1. The Morgan fingerprint density at radius 1 is 1.39 bits per heavy atom. The van der Waals surface area contributed by atoms with E-state index in [0.717, 1.165) is 32.9 Å². The second-order valence-electron chi connectivity index (χ2n) is 5.29. The summed E-state index contributed by atoms with van der Waals surface area (Å²) in [7, 11) is 1.64. The van der Waals surface area contributed by atoms with Crippen LogP contribution in [0.25, 0.3) is 10.9 Å². The first-order chi connectivity index (χ1) is 11.1. The molecule has 2 heterocycles. The second-order valence-corrected chi connectivity index (χ2v) is 6.27. The fourth-order valence-corrected chi connectivity index (χ4v) is 3.10. The summed E-state index contributed by atoms with van der Waals surface area (Å²) in [6.45, 7) is 4.37. The van der Waals surface area contributed by atoms with Crippen LogP contribution < -0.4 is 10.1 Å². The van der Waals surface area contributed by atoms with Crippen LogP contribution in [0.3, 0.4) is 0 Å². The number of aromatic nitrogens is 3. The summed E-state index contributed by atoms with van der Waals surface area (Å²) in [6, 6.07) is 5.78. The highest BCUT2D eigenvalue weighted by molar-refractivity contribution is 7.06. The maximum Gasteiger partial charge on any atom is 0.226 e. The van der Waals surface area contributed by atoms with Gasteiger partial charge in [-0.05, 0) is 43.6 Å². The Hall–Kier alpha value is -2.41. The summed E-state index contributed by atoms with van der Waals surface area (Å²) >= 11 is 1.40. The smallest absolute Gasteiger partial charge is 0.226 e. The molecule has 0 atom stereocenters. The minimum Gasteiger partial charge on any atom is -0.497 e. The standard InChI is InChI=1S/C16H18N4O2S/c1-10-16(11(2)23-19-10)18-15(21)6-7-20-14-5-4-13(22-3)8-12(14)9-17-20/h4-5,8-9H,6-7H2,1-3H3,(H,18,21). The molecule has 0 spiro atoms. The van der Waals surface area contributed by atoms with Gasteiger partial charge in [-0.15, -0.1) is 0 Å². The van der Waals surface area contributed by atoms with Gasteiger partial charge < -0.3 is 10.1 Å². The Labute approximate surface area is 138 Å². The Morgan fingerprint density at radius 2 is 2.22 bits per heavy atom. The van der Waals surface area contributed by atoms with Crippen LogP contribution in [0.5, 0.6) is 5.75 Å². The summed E-state index contributed by atoms with van der Waals surface area (Å²) in [5, 5.41) is 8.28. The van der Waals surface area contributed by atoms with Crippen molar-refractivity contribution in [2.75, 3.05) is 12.4 Å². The van der Waals surface area contributed by atoms with E-state index in [9.17, 15) is 4.79 Å². The summed E-state index contributed by atoms with van der Waals surface area (Å²) in [6.07, 6.45) is 2.14. The van der Waals surface area contributed by atoms with Crippen molar-refractivity contribution in [3.05, 3.63) is 35.0 Å². The molecule has 0 aliphatic rings. The molecule has 3 aromatic rings. The molecule has 2 aromatic heterocycles. The number of hydrogen-bond donors (Lipinski definition) is 1. The highest BCUT2D eigenvalue weighted by Gasteiger charge is 2.11. The molecule has 0 bridgehead atoms. The molecular formula is C16H18N4O2S. The van der Waals surface area contributed by atoms with E-state index in [2.05, 4.69) is 14.8 Å². The normalized spacial score (nSPS) is 10.9. The molecule has 0 aliphatic heterocycles. The molecule has 0 unspecified atom stereocenters. The maximum atomic E-state index is 12.2. The van der Waals surface area contributed by atoms with E-state index in [1.165, 1.54) is 11.5 Å². The number of anilines is 1.